The van der Waals surface area contributed by atoms with Crippen LogP contribution in [-0.2, 0) is 14.3 Å². The van der Waals surface area contributed by atoms with Crippen LogP contribution in [0.25, 0.3) is 0 Å². The normalized spacial score (nSPS) is 32.5. The highest BCUT2D eigenvalue weighted by Gasteiger charge is 2.52. The molecule has 4 aliphatic heterocycles. The van der Waals surface area contributed by atoms with Crippen molar-refractivity contribution in [3.05, 3.63) is 69.7 Å². The first-order valence-electron chi connectivity index (χ1n) is 18.9. The molecule has 4 heterocycles. The second-order valence-electron chi connectivity index (χ2n) is 15.5. The number of hydrazone groups is 1. The van der Waals surface area contributed by atoms with Gasteiger partial charge in [-0.25, -0.2) is 0 Å². The Balaban J connectivity index is 1.65. The average Bonchev–Trinajstić information content (AvgIpc) is 3.44. The van der Waals surface area contributed by atoms with E-state index >= 15 is 0 Å². The zero-order chi connectivity index (χ0) is 41.4. The van der Waals surface area contributed by atoms with Crippen LogP contribution in [0.3, 0.4) is 0 Å². The minimum absolute atomic E-state index is 0.00103. The number of methoxy groups -OCH3 is 1. The number of aliphatic hydroxyl groups is 3. The van der Waals surface area contributed by atoms with E-state index < -0.39 is 99.7 Å². The minimum atomic E-state index is -2.06. The maximum atomic E-state index is 14.6. The summed E-state index contributed by atoms with van der Waals surface area (Å²) in [6.07, 6.45) is 4.49. The van der Waals surface area contributed by atoms with Gasteiger partial charge in [-0.05, 0) is 27.0 Å². The molecular formula is C41H54N4O11. The molecule has 1 fully saturated rings. The molecule has 9 atom stereocenters. The monoisotopic (exact) mass is 778 g/mol. The molecule has 15 heteroatoms. The quantitative estimate of drug-likeness (QED) is 0.280. The van der Waals surface area contributed by atoms with Gasteiger partial charge in [0.05, 0.1) is 59.2 Å². The molecule has 0 spiro atoms. The Morgan fingerprint density at radius 3 is 2.16 bits per heavy atom. The molecule has 6 rings (SSSR count). The van der Waals surface area contributed by atoms with Crippen LogP contribution in [0, 0.1) is 30.6 Å². The molecule has 1 aliphatic carbocycles. The first-order valence-corrected chi connectivity index (χ1v) is 18.9. The van der Waals surface area contributed by atoms with E-state index in [4.69, 9.17) is 14.2 Å². The number of hydrogen-bond donors (Lipinski definition) is 5. The number of phenols is 1. The van der Waals surface area contributed by atoms with Crippen molar-refractivity contribution in [3.63, 3.8) is 0 Å². The molecule has 1 saturated heterocycles. The molecule has 5 bridgehead atoms. The number of fused-ring (bicyclic) bond motifs is 14. The van der Waals surface area contributed by atoms with E-state index in [9.17, 15) is 39.6 Å². The van der Waals surface area contributed by atoms with Crippen molar-refractivity contribution < 1.29 is 53.8 Å². The fraction of sp³-hybridized carbons (Fsp3) is 0.537. The number of benzene rings is 1. The second kappa shape index (κ2) is 16.8. The standard InChI is InChI=1S/C41H54N4O11/c1-20-11-10-12-21(2)40(53)43-31-26(19-42-45-16-14-44(8)15-17-45)36(50)28-29(37(31)51)35(49)25(6)38-30(28)39(52)41(7,56-38)55-18-13-27(54-9)22(3)33(47)24(5)34(48)23(4)32(20)46/h10-13,18-20,22-24,27,32-34,46-49H,14-17H2,1-9H3,(H,43,53). The van der Waals surface area contributed by atoms with Gasteiger partial charge in [0.25, 0.3) is 11.7 Å². The van der Waals surface area contributed by atoms with E-state index in [1.807, 2.05) is 7.05 Å². The number of ketones is 3. The first kappa shape index (κ1) is 42.5. The van der Waals surface area contributed by atoms with E-state index in [0.717, 1.165) is 0 Å². The summed E-state index contributed by atoms with van der Waals surface area (Å²) in [4.78, 5) is 59.0. The molecule has 0 saturated carbocycles. The number of Topliss-reactive ketones (excluding diaryl/α,β-unsaturated/α-hetero) is 3. The number of ether oxygens (including phenoxy) is 3. The van der Waals surface area contributed by atoms with Gasteiger partial charge in [0.2, 0.25) is 5.78 Å². The zero-order valence-electron chi connectivity index (χ0n) is 33.4. The van der Waals surface area contributed by atoms with Crippen LogP contribution in [0.1, 0.15) is 78.2 Å². The fourth-order valence-electron chi connectivity index (χ4n) is 7.50. The van der Waals surface area contributed by atoms with Crippen molar-refractivity contribution in [1.82, 2.24) is 15.2 Å². The van der Waals surface area contributed by atoms with E-state index in [0.29, 0.717) is 26.2 Å². The lowest BCUT2D eigenvalue weighted by molar-refractivity contribution is -0.116. The predicted molar refractivity (Wildman–Crippen MR) is 206 cm³/mol. The van der Waals surface area contributed by atoms with E-state index in [1.165, 1.54) is 52.5 Å². The van der Waals surface area contributed by atoms with E-state index in [-0.39, 0.29) is 28.0 Å². The predicted octanol–water partition coefficient (Wildman–Crippen LogP) is 2.66. The number of carbonyl (C=O) groups excluding carboxylic acids is 4. The van der Waals surface area contributed by atoms with Crippen LogP contribution in [0.2, 0.25) is 0 Å². The molecule has 304 valence electrons. The second-order valence-corrected chi connectivity index (χ2v) is 15.5. The Kier molecular flexibility index (Phi) is 12.8. The van der Waals surface area contributed by atoms with Crippen molar-refractivity contribution in [2.45, 2.75) is 78.7 Å². The maximum absolute atomic E-state index is 14.6. The van der Waals surface area contributed by atoms with Crippen molar-refractivity contribution in [2.75, 3.05) is 40.3 Å². The molecule has 1 amide bonds. The van der Waals surface area contributed by atoms with E-state index in [2.05, 4.69) is 15.3 Å². The lowest BCUT2D eigenvalue weighted by atomic mass is 9.78. The molecule has 1 aromatic rings. The number of likely N-dealkylation sites (N-methyl/N-ethyl adjacent to an activating group) is 1. The fourth-order valence-corrected chi connectivity index (χ4v) is 7.50. The number of nitrogens with zero attached hydrogens (tertiary/aromatic N) is 3. The lowest BCUT2D eigenvalue weighted by Gasteiger charge is -2.36. The van der Waals surface area contributed by atoms with Gasteiger partial charge in [-0.15, -0.1) is 0 Å². The van der Waals surface area contributed by atoms with E-state index in [1.54, 1.807) is 44.9 Å². The van der Waals surface area contributed by atoms with Crippen LogP contribution >= 0.6 is 0 Å². The van der Waals surface area contributed by atoms with Crippen LogP contribution in [0.15, 0.2) is 52.5 Å². The highest BCUT2D eigenvalue weighted by molar-refractivity contribution is 6.37. The smallest absolute Gasteiger partial charge is 0.312 e. The summed E-state index contributed by atoms with van der Waals surface area (Å²) in [6.45, 7) is 13.5. The lowest BCUT2D eigenvalue weighted by Crippen LogP contribution is -2.45. The van der Waals surface area contributed by atoms with Gasteiger partial charge in [-0.2, -0.15) is 5.10 Å². The third-order valence-electron chi connectivity index (χ3n) is 11.6. The summed E-state index contributed by atoms with van der Waals surface area (Å²) in [6, 6.07) is 0. The molecule has 0 aromatic heterocycles. The summed E-state index contributed by atoms with van der Waals surface area (Å²) < 4.78 is 17.6. The SMILES string of the molecule is COC1C=COC2(C)Oc3c(C)c(O)c4c(c3C2=O)C(=O)C(C=NN2CCN(C)CC2)=C(NC(=O)C(C)=CC=CC(C)C(O)C(C)C(O)C(C)C(O)C1C)C4=O. The number of nitrogens with one attached hydrogen (secondary N) is 1. The van der Waals surface area contributed by atoms with Crippen LogP contribution < -0.4 is 10.1 Å². The van der Waals surface area contributed by atoms with Crippen molar-refractivity contribution in [1.29, 1.82) is 0 Å². The zero-order valence-corrected chi connectivity index (χ0v) is 33.4. The van der Waals surface area contributed by atoms with Gasteiger partial charge in [-0.1, -0.05) is 45.9 Å². The Morgan fingerprint density at radius 2 is 1.52 bits per heavy atom. The van der Waals surface area contributed by atoms with Gasteiger partial charge in [0.15, 0.2) is 5.78 Å². The molecule has 5 N–H and O–H groups in total. The van der Waals surface area contributed by atoms with Gasteiger partial charge in [0.1, 0.15) is 17.2 Å². The van der Waals surface area contributed by atoms with Gasteiger partial charge in [-0.3, -0.25) is 24.2 Å². The highest BCUT2D eigenvalue weighted by atomic mass is 16.7. The van der Waals surface area contributed by atoms with Crippen molar-refractivity contribution >= 4 is 29.5 Å². The Morgan fingerprint density at radius 1 is 0.893 bits per heavy atom. The summed E-state index contributed by atoms with van der Waals surface area (Å²) in [5, 5.41) is 54.0. The average molecular weight is 779 g/mol. The number of carbonyl (C=O) groups is 4. The summed E-state index contributed by atoms with van der Waals surface area (Å²) >= 11 is 0. The number of aliphatic hydroxyl groups excluding tert-OH is 3. The number of allylic oxidation sites excluding steroid dienone is 4. The number of phenolic OH excluding ortho intramolecular Hbond substituents is 1. The summed E-state index contributed by atoms with van der Waals surface area (Å²) in [5.74, 6) is -8.58. The largest absolute Gasteiger partial charge is 0.507 e. The molecule has 0 radical (unpaired) electrons. The summed E-state index contributed by atoms with van der Waals surface area (Å²) in [7, 11) is 3.39. The molecule has 15 nitrogen and oxygen atoms in total. The van der Waals surface area contributed by atoms with Gasteiger partial charge in [0, 0.05) is 75.0 Å². The van der Waals surface area contributed by atoms with Crippen LogP contribution in [0.4, 0.5) is 0 Å². The van der Waals surface area contributed by atoms with Gasteiger partial charge >= 0.3 is 5.79 Å². The number of piperazine rings is 1. The summed E-state index contributed by atoms with van der Waals surface area (Å²) in [5.41, 5.74) is -1.73. The van der Waals surface area contributed by atoms with Crippen molar-refractivity contribution in [2.24, 2.45) is 28.8 Å². The number of hydrogen-bond acceptors (Lipinski definition) is 14. The molecule has 1 aromatic carbocycles. The third kappa shape index (κ3) is 7.96. The number of aromatic hydroxyl groups is 1. The minimum Gasteiger partial charge on any atom is -0.507 e. The topological polar surface area (TPSA) is 208 Å². The first-order chi connectivity index (χ1) is 26.3. The van der Waals surface area contributed by atoms with Gasteiger partial charge < -0.3 is 44.9 Å². The van der Waals surface area contributed by atoms with Crippen LogP contribution in [0.5, 0.6) is 11.5 Å². The maximum Gasteiger partial charge on any atom is 0.312 e. The molecule has 56 heavy (non-hydrogen) atoms. The Hall–Kier alpha value is -4.67. The number of amides is 1. The Bertz CT molecular complexity index is 1910. The molecule has 9 unspecified atom stereocenters. The Labute approximate surface area is 327 Å². The highest BCUT2D eigenvalue weighted by Crippen LogP contribution is 2.48. The number of rotatable bonds is 3. The molecular weight excluding hydrogens is 724 g/mol. The van der Waals surface area contributed by atoms with Crippen LogP contribution in [-0.4, -0.2) is 130 Å². The third-order valence-corrected chi connectivity index (χ3v) is 11.6. The van der Waals surface area contributed by atoms with Crippen molar-refractivity contribution in [3.8, 4) is 11.5 Å². The molecule has 5 aliphatic rings.